The monoisotopic (exact) mass is 569 g/mol. The molecule has 0 nitrogen and oxygen atoms in total. The number of hydrogen-bond acceptors (Lipinski definition) is 0. The molecule has 4 saturated carbocycles. The molecule has 4 fully saturated rings. The van der Waals surface area contributed by atoms with Gasteiger partial charge in [-0.3, -0.25) is 0 Å². The molecule has 8 unspecified atom stereocenters. The molecule has 4 rings (SSSR count). The molecule has 4 aliphatic carbocycles. The minimum Gasteiger partial charge on any atom is -0.0622 e. The quantitative estimate of drug-likeness (QED) is 0.309. The van der Waals surface area contributed by atoms with Crippen LogP contribution in [0.25, 0.3) is 0 Å². The largest absolute Gasteiger partial charge is 0.0622 e. The maximum Gasteiger partial charge on any atom is -0.0143 e. The first-order chi connectivity index (χ1) is 17.5. The Bertz CT molecular complexity index is 1150. The van der Waals surface area contributed by atoms with Crippen LogP contribution in [0.2, 0.25) is 0 Å². The van der Waals surface area contributed by atoms with Crippen molar-refractivity contribution in [2.24, 2.45) is 87.6 Å². The molecule has 8 atom stereocenters. The van der Waals surface area contributed by atoms with Crippen molar-refractivity contribution in [1.82, 2.24) is 0 Å². The summed E-state index contributed by atoms with van der Waals surface area (Å²) < 4.78 is 0. The topological polar surface area (TPSA) is 0 Å². The van der Waals surface area contributed by atoms with Crippen LogP contribution in [0.3, 0.4) is 0 Å². The Hall–Kier alpha value is 0. The molecule has 0 spiro atoms. The van der Waals surface area contributed by atoms with Crippen LogP contribution < -0.4 is 0 Å². The van der Waals surface area contributed by atoms with Gasteiger partial charge in [0.05, 0.1) is 0 Å². The van der Waals surface area contributed by atoms with Crippen LogP contribution in [0, 0.1) is 87.6 Å². The zero-order valence-corrected chi connectivity index (χ0v) is 32.9. The van der Waals surface area contributed by atoms with E-state index in [0.29, 0.717) is 22.7 Å². The van der Waals surface area contributed by atoms with E-state index < -0.39 is 0 Å². The molecule has 0 aromatic heterocycles. The molecule has 4 aliphatic rings. The second-order valence-corrected chi connectivity index (χ2v) is 22.4. The van der Waals surface area contributed by atoms with Crippen molar-refractivity contribution < 1.29 is 0 Å². The van der Waals surface area contributed by atoms with Crippen molar-refractivity contribution in [3.05, 3.63) is 0 Å². The molecule has 0 heteroatoms. The van der Waals surface area contributed by atoms with E-state index in [1.54, 1.807) is 0 Å². The lowest BCUT2D eigenvalue weighted by atomic mass is 8.99. The van der Waals surface area contributed by atoms with Crippen molar-refractivity contribution in [3.8, 4) is 0 Å². The van der Waals surface area contributed by atoms with Gasteiger partial charge in [-0.25, -0.2) is 0 Å². The average molecular weight is 569 g/mol. The Morgan fingerprint density at radius 3 is 1.24 bits per heavy atom. The van der Waals surface area contributed by atoms with Gasteiger partial charge in [0.1, 0.15) is 0 Å². The summed E-state index contributed by atoms with van der Waals surface area (Å²) in [7, 11) is 0. The zero-order valence-electron chi connectivity index (χ0n) is 32.9. The molecule has 0 N–H and O–H groups in total. The van der Waals surface area contributed by atoms with E-state index in [2.05, 4.69) is 166 Å². The minimum atomic E-state index is 0.198. The highest BCUT2D eigenvalue weighted by Crippen LogP contribution is 3.06. The Kier molecular flexibility index (Phi) is 6.07. The van der Waals surface area contributed by atoms with Crippen molar-refractivity contribution in [2.75, 3.05) is 0 Å². The molecule has 0 bridgehead atoms. The smallest absolute Gasteiger partial charge is 0.0143 e. The van der Waals surface area contributed by atoms with E-state index in [0.717, 1.165) is 0 Å². The Balaban J connectivity index is 2.03. The van der Waals surface area contributed by atoms with E-state index in [1.165, 1.54) is 6.42 Å². The minimum absolute atomic E-state index is 0.198. The van der Waals surface area contributed by atoms with Crippen molar-refractivity contribution in [3.63, 3.8) is 0 Å². The Morgan fingerprint density at radius 1 is 0.488 bits per heavy atom. The van der Waals surface area contributed by atoms with Crippen LogP contribution in [0.15, 0.2) is 0 Å². The second-order valence-electron chi connectivity index (χ2n) is 22.4. The van der Waals surface area contributed by atoms with Crippen LogP contribution in [-0.2, 0) is 0 Å². The van der Waals surface area contributed by atoms with Gasteiger partial charge in [-0.1, -0.05) is 166 Å². The third-order valence-corrected chi connectivity index (χ3v) is 21.6. The molecule has 240 valence electrons. The number of fused-ring (bicyclic) bond motifs is 2. The lowest BCUT2D eigenvalue weighted by Gasteiger charge is -3.04. The van der Waals surface area contributed by atoms with Gasteiger partial charge < -0.3 is 0 Å². The van der Waals surface area contributed by atoms with Crippen molar-refractivity contribution in [2.45, 2.75) is 173 Å². The molecule has 0 aromatic carbocycles. The number of rotatable bonds is 5. The first kappa shape index (κ1) is 33.9. The summed E-state index contributed by atoms with van der Waals surface area (Å²) in [6.07, 6.45) is 1.27. The maximum absolute atomic E-state index is 2.82. The van der Waals surface area contributed by atoms with Crippen molar-refractivity contribution in [1.29, 1.82) is 0 Å². The summed E-state index contributed by atoms with van der Waals surface area (Å²) in [5.74, 6) is 1.27. The fraction of sp³-hybridized carbons (Fsp3) is 1.00. The highest BCUT2D eigenvalue weighted by atomic mass is 15.1. The average Bonchev–Trinajstić information content (AvgIpc) is 2.78. The predicted octanol–water partition coefficient (Wildman–Crippen LogP) is 13.0. The first-order valence-corrected chi connectivity index (χ1v) is 17.5. The SMILES string of the molecule is CC(C)C(C)(CC(C)(C)C(C)(C)C)C1(C)C(C)(C)C2(C)C(C)(C)C(C3(C)C(C)(C)C4(C)C(C)(C)C(C)(C)C34C)C21C. The van der Waals surface area contributed by atoms with Gasteiger partial charge in [-0.05, 0) is 94.1 Å². The summed E-state index contributed by atoms with van der Waals surface area (Å²) in [5, 5.41) is 0. The van der Waals surface area contributed by atoms with Crippen LogP contribution in [0.1, 0.15) is 173 Å². The predicted molar refractivity (Wildman–Crippen MR) is 182 cm³/mol. The van der Waals surface area contributed by atoms with Gasteiger partial charge in [0.25, 0.3) is 0 Å². The highest BCUT2D eigenvalue weighted by molar-refractivity contribution is 5.48. The van der Waals surface area contributed by atoms with E-state index in [9.17, 15) is 0 Å². The summed E-state index contributed by atoms with van der Waals surface area (Å²) in [6.45, 7) is 63.5. The van der Waals surface area contributed by atoms with E-state index in [1.807, 2.05) is 0 Å². The van der Waals surface area contributed by atoms with Gasteiger partial charge >= 0.3 is 0 Å². The number of hydrogen-bond donors (Lipinski definition) is 0. The van der Waals surface area contributed by atoms with Gasteiger partial charge in [-0.15, -0.1) is 0 Å². The fourth-order valence-corrected chi connectivity index (χ4v) is 16.7. The fourth-order valence-electron chi connectivity index (χ4n) is 16.7. The molecule has 0 aliphatic heterocycles. The molecule has 41 heavy (non-hydrogen) atoms. The summed E-state index contributed by atoms with van der Waals surface area (Å²) in [4.78, 5) is 0. The second kappa shape index (κ2) is 7.35. The third kappa shape index (κ3) is 2.37. The van der Waals surface area contributed by atoms with Gasteiger partial charge in [0.2, 0.25) is 0 Å². The molecular formula is C41H76. The normalized spacial score (nSPS) is 49.8. The zero-order chi connectivity index (χ0) is 32.9. The molecule has 0 heterocycles. The van der Waals surface area contributed by atoms with E-state index >= 15 is 0 Å². The van der Waals surface area contributed by atoms with Gasteiger partial charge in [0.15, 0.2) is 0 Å². The standard InChI is InChI=1S/C41H76/c1-26(2)35(18,25-29(6,7)28(3,4)5)40(23)34(16,17)38(21)30(8,9)27(37(38,40)20)36(19)33(14,15)39(22)31(10,11)32(12,13)41(36,39)24/h26-27H,25H2,1-24H3. The van der Waals surface area contributed by atoms with Crippen molar-refractivity contribution >= 4 is 0 Å². The van der Waals surface area contributed by atoms with Crippen LogP contribution in [0.4, 0.5) is 0 Å². The molecule has 0 radical (unpaired) electrons. The third-order valence-electron chi connectivity index (χ3n) is 21.6. The lowest BCUT2D eigenvalue weighted by molar-refractivity contribution is -0.579. The van der Waals surface area contributed by atoms with Crippen LogP contribution in [-0.4, -0.2) is 0 Å². The molecule has 0 aromatic rings. The van der Waals surface area contributed by atoms with Gasteiger partial charge in [-0.2, -0.15) is 0 Å². The van der Waals surface area contributed by atoms with E-state index in [4.69, 9.17) is 0 Å². The molecule has 0 saturated heterocycles. The van der Waals surface area contributed by atoms with Gasteiger partial charge in [0, 0.05) is 0 Å². The lowest BCUT2D eigenvalue weighted by Crippen LogP contribution is -3.00. The first-order valence-electron chi connectivity index (χ1n) is 17.5. The summed E-state index contributed by atoms with van der Waals surface area (Å²) in [5.41, 5.74) is 3.58. The molecule has 0 amide bonds. The highest BCUT2D eigenvalue weighted by Gasteiger charge is 3.02. The summed E-state index contributed by atoms with van der Waals surface area (Å²) >= 11 is 0. The van der Waals surface area contributed by atoms with Crippen LogP contribution in [0.5, 0.6) is 0 Å². The van der Waals surface area contributed by atoms with Crippen LogP contribution >= 0.6 is 0 Å². The Morgan fingerprint density at radius 2 is 0.878 bits per heavy atom. The maximum atomic E-state index is 2.82. The molecular weight excluding hydrogens is 492 g/mol. The summed E-state index contributed by atoms with van der Waals surface area (Å²) in [6, 6.07) is 0. The Labute approximate surface area is 259 Å². The van der Waals surface area contributed by atoms with E-state index in [-0.39, 0.29) is 65.0 Å².